The quantitative estimate of drug-likeness (QED) is 0.895. The molecule has 1 fully saturated rings. The number of anilines is 1. The Bertz CT molecular complexity index is 483. The van der Waals surface area contributed by atoms with Gasteiger partial charge in [0.05, 0.1) is 0 Å². The Kier molecular flexibility index (Phi) is 3.11. The largest absolute Gasteiger partial charge is 0.480 e. The summed E-state index contributed by atoms with van der Waals surface area (Å²) in [7, 11) is 0. The molecule has 96 valence electrons. The van der Waals surface area contributed by atoms with Crippen LogP contribution in [0.15, 0.2) is 30.8 Å². The van der Waals surface area contributed by atoms with Gasteiger partial charge in [-0.3, -0.25) is 0 Å². The lowest BCUT2D eigenvalue weighted by Gasteiger charge is -2.33. The van der Waals surface area contributed by atoms with Gasteiger partial charge < -0.3 is 10.0 Å². The molecule has 1 aromatic rings. The van der Waals surface area contributed by atoms with Crippen molar-refractivity contribution in [2.75, 3.05) is 11.4 Å². The SMILES string of the molecule is C=C(F)c1ccc(N2CCCC2(C)C(=O)O)cc1. The molecule has 4 heteroatoms. The topological polar surface area (TPSA) is 40.5 Å². The fraction of sp³-hybridized carbons (Fsp3) is 0.357. The van der Waals surface area contributed by atoms with Gasteiger partial charge in [-0.2, -0.15) is 0 Å². The normalized spacial score (nSPS) is 23.1. The van der Waals surface area contributed by atoms with Gasteiger partial charge in [0.2, 0.25) is 0 Å². The van der Waals surface area contributed by atoms with Gasteiger partial charge >= 0.3 is 5.97 Å². The minimum absolute atomic E-state index is 0.426. The molecule has 1 N–H and O–H groups in total. The van der Waals surface area contributed by atoms with Crippen LogP contribution in [0.4, 0.5) is 10.1 Å². The van der Waals surface area contributed by atoms with Gasteiger partial charge in [-0.25, -0.2) is 9.18 Å². The van der Waals surface area contributed by atoms with Crippen molar-refractivity contribution in [1.29, 1.82) is 0 Å². The first-order valence-corrected chi connectivity index (χ1v) is 5.91. The van der Waals surface area contributed by atoms with Gasteiger partial charge in [-0.15, -0.1) is 0 Å². The highest BCUT2D eigenvalue weighted by Gasteiger charge is 2.43. The first kappa shape index (κ1) is 12.6. The molecule has 2 rings (SSSR count). The maximum Gasteiger partial charge on any atom is 0.329 e. The van der Waals surface area contributed by atoms with Gasteiger partial charge in [0, 0.05) is 17.8 Å². The Balaban J connectivity index is 2.31. The van der Waals surface area contributed by atoms with Crippen molar-refractivity contribution in [3.05, 3.63) is 36.4 Å². The van der Waals surface area contributed by atoms with Crippen LogP contribution in [0.2, 0.25) is 0 Å². The van der Waals surface area contributed by atoms with Crippen molar-refractivity contribution in [3.63, 3.8) is 0 Å². The molecule has 1 aliphatic rings. The highest BCUT2D eigenvalue weighted by atomic mass is 19.1. The molecule has 1 saturated heterocycles. The lowest BCUT2D eigenvalue weighted by atomic mass is 9.98. The first-order valence-electron chi connectivity index (χ1n) is 5.91. The number of nitrogens with zero attached hydrogens (tertiary/aromatic N) is 1. The van der Waals surface area contributed by atoms with E-state index >= 15 is 0 Å². The number of aliphatic carboxylic acids is 1. The number of hydrogen-bond donors (Lipinski definition) is 1. The van der Waals surface area contributed by atoms with Crippen LogP contribution >= 0.6 is 0 Å². The molecule has 0 bridgehead atoms. The van der Waals surface area contributed by atoms with E-state index in [0.29, 0.717) is 18.5 Å². The summed E-state index contributed by atoms with van der Waals surface area (Å²) in [6, 6.07) is 6.73. The molecular formula is C14H16FNO2. The average Bonchev–Trinajstić information content (AvgIpc) is 2.73. The van der Waals surface area contributed by atoms with Crippen LogP contribution < -0.4 is 4.90 Å². The molecule has 1 atom stereocenters. The second-order valence-electron chi connectivity index (χ2n) is 4.79. The van der Waals surface area contributed by atoms with E-state index in [2.05, 4.69) is 6.58 Å². The maximum absolute atomic E-state index is 12.9. The minimum atomic E-state index is -0.867. The lowest BCUT2D eigenvalue weighted by molar-refractivity contribution is -0.142. The van der Waals surface area contributed by atoms with Gasteiger partial charge in [-0.1, -0.05) is 18.7 Å². The molecule has 1 unspecified atom stereocenters. The molecule has 1 aromatic carbocycles. The fourth-order valence-corrected chi connectivity index (χ4v) is 2.42. The molecule has 0 aromatic heterocycles. The van der Waals surface area contributed by atoms with Crippen LogP contribution in [-0.4, -0.2) is 23.2 Å². The van der Waals surface area contributed by atoms with Crippen molar-refractivity contribution in [2.24, 2.45) is 0 Å². The average molecular weight is 249 g/mol. The predicted molar refractivity (Wildman–Crippen MR) is 69.2 cm³/mol. The first-order chi connectivity index (χ1) is 8.45. The van der Waals surface area contributed by atoms with E-state index in [1.807, 2.05) is 4.90 Å². The van der Waals surface area contributed by atoms with Crippen molar-refractivity contribution in [3.8, 4) is 0 Å². The monoisotopic (exact) mass is 249 g/mol. The number of carbonyl (C=O) groups is 1. The Labute approximate surface area is 106 Å². The second-order valence-corrected chi connectivity index (χ2v) is 4.79. The third kappa shape index (κ3) is 1.98. The summed E-state index contributed by atoms with van der Waals surface area (Å²) < 4.78 is 12.9. The summed E-state index contributed by atoms with van der Waals surface area (Å²) in [5.41, 5.74) is 0.367. The fourth-order valence-electron chi connectivity index (χ4n) is 2.42. The molecule has 1 aliphatic heterocycles. The van der Waals surface area contributed by atoms with E-state index in [9.17, 15) is 14.3 Å². The molecule has 3 nitrogen and oxygen atoms in total. The van der Waals surface area contributed by atoms with E-state index < -0.39 is 17.3 Å². The van der Waals surface area contributed by atoms with Gasteiger partial charge in [0.1, 0.15) is 11.4 Å². The summed E-state index contributed by atoms with van der Waals surface area (Å²) in [4.78, 5) is 13.2. The number of carboxylic acids is 1. The highest BCUT2D eigenvalue weighted by Crippen LogP contribution is 2.34. The van der Waals surface area contributed by atoms with Gasteiger partial charge in [-0.05, 0) is 31.9 Å². The standard InChI is InChI=1S/C14H16FNO2/c1-10(15)11-4-6-12(7-5-11)16-9-3-8-14(16,2)13(17)18/h4-7H,1,3,8-9H2,2H3,(H,17,18). The maximum atomic E-state index is 12.9. The van der Waals surface area contributed by atoms with Crippen LogP contribution in [0.5, 0.6) is 0 Å². The van der Waals surface area contributed by atoms with Gasteiger partial charge in [0.25, 0.3) is 0 Å². The van der Waals surface area contributed by atoms with Crippen molar-refractivity contribution in [2.45, 2.75) is 25.3 Å². The van der Waals surface area contributed by atoms with Crippen LogP contribution in [-0.2, 0) is 4.79 Å². The summed E-state index contributed by atoms with van der Waals surface area (Å²) in [6.45, 7) is 5.67. The Morgan fingerprint density at radius 3 is 2.56 bits per heavy atom. The number of carboxylic acid groups (broad SMARTS) is 1. The number of halogens is 1. The zero-order valence-corrected chi connectivity index (χ0v) is 10.3. The molecule has 1 heterocycles. The van der Waals surface area contributed by atoms with Crippen LogP contribution in [0.1, 0.15) is 25.3 Å². The van der Waals surface area contributed by atoms with E-state index in [0.717, 1.165) is 12.1 Å². The molecule has 0 amide bonds. The summed E-state index contributed by atoms with van der Waals surface area (Å²) in [6.07, 6.45) is 1.47. The highest BCUT2D eigenvalue weighted by molar-refractivity contribution is 5.84. The number of benzene rings is 1. The second kappa shape index (κ2) is 4.44. The summed E-state index contributed by atoms with van der Waals surface area (Å²) >= 11 is 0. The predicted octanol–water partition coefficient (Wildman–Crippen LogP) is 3.07. The summed E-state index contributed by atoms with van der Waals surface area (Å²) in [5, 5.41) is 9.33. The molecule has 0 radical (unpaired) electrons. The zero-order valence-electron chi connectivity index (χ0n) is 10.3. The third-order valence-electron chi connectivity index (χ3n) is 3.59. The smallest absolute Gasteiger partial charge is 0.329 e. The number of hydrogen-bond acceptors (Lipinski definition) is 2. The summed E-state index contributed by atoms with van der Waals surface area (Å²) in [5.74, 6) is -1.30. The Morgan fingerprint density at radius 2 is 2.06 bits per heavy atom. The van der Waals surface area contributed by atoms with Crippen LogP contribution in [0.25, 0.3) is 5.83 Å². The van der Waals surface area contributed by atoms with E-state index in [1.165, 1.54) is 0 Å². The Hall–Kier alpha value is -1.84. The zero-order chi connectivity index (χ0) is 13.3. The minimum Gasteiger partial charge on any atom is -0.480 e. The lowest BCUT2D eigenvalue weighted by Crippen LogP contribution is -2.48. The van der Waals surface area contributed by atoms with Gasteiger partial charge in [0.15, 0.2) is 0 Å². The number of rotatable bonds is 3. The molecule has 0 aliphatic carbocycles. The van der Waals surface area contributed by atoms with Crippen LogP contribution in [0, 0.1) is 0 Å². The molecule has 0 saturated carbocycles. The van der Waals surface area contributed by atoms with E-state index in [1.54, 1.807) is 31.2 Å². The molecule has 18 heavy (non-hydrogen) atoms. The van der Waals surface area contributed by atoms with E-state index in [-0.39, 0.29) is 0 Å². The van der Waals surface area contributed by atoms with Crippen molar-refractivity contribution in [1.82, 2.24) is 0 Å². The van der Waals surface area contributed by atoms with E-state index in [4.69, 9.17) is 0 Å². The van der Waals surface area contributed by atoms with Crippen molar-refractivity contribution >= 4 is 17.5 Å². The van der Waals surface area contributed by atoms with Crippen molar-refractivity contribution < 1.29 is 14.3 Å². The van der Waals surface area contributed by atoms with Crippen LogP contribution in [0.3, 0.4) is 0 Å². The molecule has 0 spiro atoms. The third-order valence-corrected chi connectivity index (χ3v) is 3.59. The molecular weight excluding hydrogens is 233 g/mol. The Morgan fingerprint density at radius 1 is 1.44 bits per heavy atom.